The van der Waals surface area contributed by atoms with Crippen LogP contribution in [0.15, 0.2) is 12.1 Å². The fourth-order valence-corrected chi connectivity index (χ4v) is 1.55. The number of rotatable bonds is 2. The number of alkyl carbamates (subject to hydrolysis) is 1. The van der Waals surface area contributed by atoms with Gasteiger partial charge in [-0.05, 0) is 6.07 Å². The van der Waals surface area contributed by atoms with Crippen molar-refractivity contribution in [1.29, 1.82) is 0 Å². The third-order valence-corrected chi connectivity index (χ3v) is 2.32. The first kappa shape index (κ1) is 10.7. The van der Waals surface area contributed by atoms with Crippen LogP contribution in [0.4, 0.5) is 13.6 Å². The molecule has 2 rings (SSSR count). The van der Waals surface area contributed by atoms with Crippen molar-refractivity contribution in [3.05, 3.63) is 29.3 Å². The summed E-state index contributed by atoms with van der Waals surface area (Å²) < 4.78 is 35.6. The molecule has 1 unspecified atom stereocenters. The number of carbonyl (C=O) groups is 1. The number of halogens is 2. The minimum atomic E-state index is -0.995. The summed E-state index contributed by atoms with van der Waals surface area (Å²) in [6.07, 6.45) is -0.586. The Kier molecular flexibility index (Phi) is 2.64. The average Bonchev–Trinajstić information content (AvgIpc) is 2.68. The molecule has 1 aliphatic rings. The SMILES string of the molecule is COc1cc(F)c(F)cc1C1COC(=O)N1. The van der Waals surface area contributed by atoms with Crippen LogP contribution in [0.1, 0.15) is 11.6 Å². The van der Waals surface area contributed by atoms with Crippen LogP contribution in [0, 0.1) is 11.6 Å². The van der Waals surface area contributed by atoms with Crippen molar-refractivity contribution in [2.75, 3.05) is 13.7 Å². The van der Waals surface area contributed by atoms with E-state index in [1.807, 2.05) is 0 Å². The largest absolute Gasteiger partial charge is 0.496 e. The maximum Gasteiger partial charge on any atom is 0.407 e. The first-order valence-corrected chi connectivity index (χ1v) is 4.58. The van der Waals surface area contributed by atoms with E-state index >= 15 is 0 Å². The molecule has 6 heteroatoms. The smallest absolute Gasteiger partial charge is 0.407 e. The van der Waals surface area contributed by atoms with Gasteiger partial charge in [0, 0.05) is 11.6 Å². The summed E-state index contributed by atoms with van der Waals surface area (Å²) in [6, 6.07) is 1.42. The van der Waals surface area contributed by atoms with Crippen molar-refractivity contribution in [3.63, 3.8) is 0 Å². The Bertz CT molecular complexity index is 436. The molecule has 1 fully saturated rings. The molecule has 86 valence electrons. The zero-order valence-electron chi connectivity index (χ0n) is 8.42. The lowest BCUT2D eigenvalue weighted by molar-refractivity contribution is 0.176. The van der Waals surface area contributed by atoms with Crippen molar-refractivity contribution in [2.45, 2.75) is 6.04 Å². The van der Waals surface area contributed by atoms with Crippen LogP contribution in [0.5, 0.6) is 5.75 Å². The van der Waals surface area contributed by atoms with Gasteiger partial charge in [0.05, 0.1) is 13.2 Å². The predicted octanol–water partition coefficient (Wildman–Crippen LogP) is 1.75. The Morgan fingerprint density at radius 1 is 1.44 bits per heavy atom. The first-order valence-electron chi connectivity index (χ1n) is 4.58. The van der Waals surface area contributed by atoms with Gasteiger partial charge < -0.3 is 14.8 Å². The van der Waals surface area contributed by atoms with Crippen LogP contribution in [0.3, 0.4) is 0 Å². The Morgan fingerprint density at radius 2 is 2.12 bits per heavy atom. The van der Waals surface area contributed by atoms with Gasteiger partial charge in [0.15, 0.2) is 11.6 Å². The molecule has 1 atom stereocenters. The minimum Gasteiger partial charge on any atom is -0.496 e. The zero-order chi connectivity index (χ0) is 11.7. The molecule has 1 saturated heterocycles. The van der Waals surface area contributed by atoms with Crippen LogP contribution in [0.2, 0.25) is 0 Å². The van der Waals surface area contributed by atoms with Crippen LogP contribution in [-0.4, -0.2) is 19.8 Å². The number of methoxy groups -OCH3 is 1. The van der Waals surface area contributed by atoms with E-state index in [0.29, 0.717) is 5.56 Å². The second-order valence-corrected chi connectivity index (χ2v) is 3.30. The highest BCUT2D eigenvalue weighted by molar-refractivity contribution is 5.70. The number of amides is 1. The van der Waals surface area contributed by atoms with E-state index in [-0.39, 0.29) is 12.4 Å². The van der Waals surface area contributed by atoms with E-state index in [4.69, 9.17) is 4.74 Å². The van der Waals surface area contributed by atoms with Gasteiger partial charge in [-0.2, -0.15) is 0 Å². The number of hydrogen-bond acceptors (Lipinski definition) is 3. The van der Waals surface area contributed by atoms with Crippen LogP contribution >= 0.6 is 0 Å². The molecule has 0 saturated carbocycles. The summed E-state index contributed by atoms with van der Waals surface area (Å²) in [5.41, 5.74) is 0.354. The number of carbonyl (C=O) groups excluding carboxylic acids is 1. The van der Waals surface area contributed by atoms with Crippen molar-refractivity contribution < 1.29 is 23.0 Å². The molecular formula is C10H9F2NO3. The molecule has 0 aromatic heterocycles. The van der Waals surface area contributed by atoms with Gasteiger partial charge in [-0.15, -0.1) is 0 Å². The summed E-state index contributed by atoms with van der Waals surface area (Å²) in [4.78, 5) is 10.8. The van der Waals surface area contributed by atoms with Gasteiger partial charge in [-0.3, -0.25) is 0 Å². The highest BCUT2D eigenvalue weighted by Crippen LogP contribution is 2.29. The second kappa shape index (κ2) is 3.96. The maximum absolute atomic E-state index is 13.1. The molecule has 16 heavy (non-hydrogen) atoms. The molecule has 0 bridgehead atoms. The Morgan fingerprint density at radius 3 is 2.69 bits per heavy atom. The van der Waals surface area contributed by atoms with E-state index < -0.39 is 23.8 Å². The Hall–Kier alpha value is -1.85. The van der Waals surface area contributed by atoms with Gasteiger partial charge in [0.25, 0.3) is 0 Å². The number of hydrogen-bond donors (Lipinski definition) is 1. The molecular weight excluding hydrogens is 220 g/mol. The molecule has 0 spiro atoms. The molecule has 4 nitrogen and oxygen atoms in total. The van der Waals surface area contributed by atoms with E-state index in [1.165, 1.54) is 7.11 Å². The van der Waals surface area contributed by atoms with Gasteiger partial charge in [-0.25, -0.2) is 13.6 Å². The van der Waals surface area contributed by atoms with E-state index in [0.717, 1.165) is 12.1 Å². The molecule has 1 amide bonds. The summed E-state index contributed by atoms with van der Waals surface area (Å²) in [5.74, 6) is -1.81. The van der Waals surface area contributed by atoms with Crippen LogP contribution in [-0.2, 0) is 4.74 Å². The lowest BCUT2D eigenvalue weighted by Crippen LogP contribution is -2.19. The fraction of sp³-hybridized carbons (Fsp3) is 0.300. The summed E-state index contributed by atoms with van der Waals surface area (Å²) in [5, 5.41) is 2.46. The van der Waals surface area contributed by atoms with Crippen LogP contribution in [0.25, 0.3) is 0 Å². The normalized spacial score (nSPS) is 19.2. The number of cyclic esters (lactones) is 1. The van der Waals surface area contributed by atoms with Crippen molar-refractivity contribution in [2.24, 2.45) is 0 Å². The van der Waals surface area contributed by atoms with E-state index in [1.54, 1.807) is 0 Å². The summed E-state index contributed by atoms with van der Waals surface area (Å²) in [6.45, 7) is 0.0697. The van der Waals surface area contributed by atoms with E-state index in [9.17, 15) is 13.6 Å². The van der Waals surface area contributed by atoms with Gasteiger partial charge in [0.2, 0.25) is 0 Å². The highest BCUT2D eigenvalue weighted by atomic mass is 19.2. The molecule has 1 N–H and O–H groups in total. The second-order valence-electron chi connectivity index (χ2n) is 3.30. The van der Waals surface area contributed by atoms with Crippen molar-refractivity contribution >= 4 is 6.09 Å². The molecule has 0 radical (unpaired) electrons. The molecule has 1 heterocycles. The van der Waals surface area contributed by atoms with Gasteiger partial charge in [0.1, 0.15) is 12.4 Å². The van der Waals surface area contributed by atoms with Crippen LogP contribution < -0.4 is 10.1 Å². The summed E-state index contributed by atoms with van der Waals surface area (Å²) >= 11 is 0. The first-order chi connectivity index (χ1) is 7.61. The maximum atomic E-state index is 13.1. The lowest BCUT2D eigenvalue weighted by Gasteiger charge is -2.13. The molecule has 0 aliphatic carbocycles. The Balaban J connectivity index is 2.39. The number of benzene rings is 1. The zero-order valence-corrected chi connectivity index (χ0v) is 8.42. The minimum absolute atomic E-state index is 0.0697. The third-order valence-electron chi connectivity index (χ3n) is 2.32. The lowest BCUT2D eigenvalue weighted by atomic mass is 10.1. The van der Waals surface area contributed by atoms with Crippen molar-refractivity contribution in [1.82, 2.24) is 5.32 Å². The monoisotopic (exact) mass is 229 g/mol. The topological polar surface area (TPSA) is 47.6 Å². The average molecular weight is 229 g/mol. The quantitative estimate of drug-likeness (QED) is 0.840. The summed E-state index contributed by atoms with van der Waals surface area (Å²) in [7, 11) is 1.34. The fourth-order valence-electron chi connectivity index (χ4n) is 1.55. The molecule has 1 aliphatic heterocycles. The number of ether oxygens (including phenoxy) is 2. The highest BCUT2D eigenvalue weighted by Gasteiger charge is 2.27. The Labute approximate surface area is 90.2 Å². The van der Waals surface area contributed by atoms with Crippen molar-refractivity contribution in [3.8, 4) is 5.75 Å². The molecule has 1 aromatic carbocycles. The van der Waals surface area contributed by atoms with Gasteiger partial charge in [-0.1, -0.05) is 0 Å². The van der Waals surface area contributed by atoms with Gasteiger partial charge >= 0.3 is 6.09 Å². The standard InChI is InChI=1S/C10H9F2NO3/c1-15-9-3-7(12)6(11)2-5(9)8-4-16-10(14)13-8/h2-3,8H,4H2,1H3,(H,13,14). The predicted molar refractivity (Wildman–Crippen MR) is 50.1 cm³/mol. The third kappa shape index (κ3) is 1.78. The van der Waals surface area contributed by atoms with E-state index in [2.05, 4.69) is 10.1 Å². The number of nitrogens with one attached hydrogen (secondary N) is 1. The molecule has 1 aromatic rings.